The average molecular weight is 332 g/mol. The van der Waals surface area contributed by atoms with Crippen molar-refractivity contribution in [2.45, 2.75) is 38.0 Å². The highest BCUT2D eigenvalue weighted by molar-refractivity contribution is 7.89. The molecular formula is C14H22ClN3O2S. The maximum absolute atomic E-state index is 12.7. The van der Waals surface area contributed by atoms with Gasteiger partial charge in [0.1, 0.15) is 10.7 Å². The molecule has 5 nitrogen and oxygen atoms in total. The molecule has 1 aromatic rings. The lowest BCUT2D eigenvalue weighted by Crippen LogP contribution is -2.32. The molecule has 0 saturated carbocycles. The van der Waals surface area contributed by atoms with Crippen LogP contribution in [0.5, 0.6) is 0 Å². The third kappa shape index (κ3) is 3.67. The van der Waals surface area contributed by atoms with Crippen LogP contribution >= 0.6 is 11.6 Å². The number of nitrogens with two attached hydrogens (primary N) is 1. The van der Waals surface area contributed by atoms with Gasteiger partial charge in [-0.1, -0.05) is 25.4 Å². The van der Waals surface area contributed by atoms with Gasteiger partial charge >= 0.3 is 0 Å². The molecule has 1 aliphatic heterocycles. The standard InChI is InChI=1S/C14H22ClN3O2S/c1-10(2)11-4-3-6-18(7-5-11)21(19,20)12-8-13(15)14(16)17-9-12/h8-11H,3-7H2,1-2H3,(H2,16,17). The van der Waals surface area contributed by atoms with Crippen molar-refractivity contribution in [1.82, 2.24) is 9.29 Å². The summed E-state index contributed by atoms with van der Waals surface area (Å²) in [5, 5.41) is 0.172. The van der Waals surface area contributed by atoms with E-state index in [1.165, 1.54) is 12.3 Å². The van der Waals surface area contributed by atoms with E-state index >= 15 is 0 Å². The van der Waals surface area contributed by atoms with E-state index in [9.17, 15) is 8.42 Å². The van der Waals surface area contributed by atoms with Crippen LogP contribution in [0.4, 0.5) is 5.82 Å². The summed E-state index contributed by atoms with van der Waals surface area (Å²) in [7, 11) is -3.54. The molecule has 2 rings (SSSR count). The molecule has 118 valence electrons. The Balaban J connectivity index is 2.21. The zero-order valence-corrected chi connectivity index (χ0v) is 14.0. The van der Waals surface area contributed by atoms with Crippen LogP contribution in [0.1, 0.15) is 33.1 Å². The number of pyridine rings is 1. The summed E-state index contributed by atoms with van der Waals surface area (Å²) in [6, 6.07) is 1.38. The number of hydrogen-bond donors (Lipinski definition) is 1. The van der Waals surface area contributed by atoms with Gasteiger partial charge in [0.2, 0.25) is 10.0 Å². The van der Waals surface area contributed by atoms with Crippen LogP contribution in [-0.4, -0.2) is 30.8 Å². The molecule has 2 heterocycles. The smallest absolute Gasteiger partial charge is 0.244 e. The van der Waals surface area contributed by atoms with Crippen LogP contribution in [0.3, 0.4) is 0 Å². The fraction of sp³-hybridized carbons (Fsp3) is 0.643. The van der Waals surface area contributed by atoms with Crippen molar-refractivity contribution >= 4 is 27.4 Å². The van der Waals surface area contributed by atoms with E-state index in [1.807, 2.05) is 0 Å². The topological polar surface area (TPSA) is 76.3 Å². The maximum Gasteiger partial charge on any atom is 0.244 e. The Hall–Kier alpha value is -0.850. The van der Waals surface area contributed by atoms with Gasteiger partial charge in [-0.05, 0) is 37.2 Å². The summed E-state index contributed by atoms with van der Waals surface area (Å²) in [6.45, 7) is 5.48. The Kier molecular flexibility index (Phi) is 5.11. The predicted octanol–water partition coefficient (Wildman–Crippen LogP) is 2.76. The van der Waals surface area contributed by atoms with Gasteiger partial charge < -0.3 is 5.73 Å². The lowest BCUT2D eigenvalue weighted by atomic mass is 9.89. The lowest BCUT2D eigenvalue weighted by Gasteiger charge is -2.21. The van der Waals surface area contributed by atoms with Crippen molar-refractivity contribution in [3.63, 3.8) is 0 Å². The highest BCUT2D eigenvalue weighted by atomic mass is 35.5. The number of anilines is 1. The van der Waals surface area contributed by atoms with Crippen LogP contribution in [0, 0.1) is 11.8 Å². The predicted molar refractivity (Wildman–Crippen MR) is 84.6 cm³/mol. The number of rotatable bonds is 3. The zero-order chi connectivity index (χ0) is 15.6. The molecule has 1 atom stereocenters. The molecule has 1 aliphatic rings. The minimum absolute atomic E-state index is 0.115. The summed E-state index contributed by atoms with van der Waals surface area (Å²) in [6.07, 6.45) is 4.14. The Bertz CT molecular complexity index is 604. The highest BCUT2D eigenvalue weighted by Gasteiger charge is 2.29. The number of sulfonamides is 1. The number of aromatic nitrogens is 1. The summed E-state index contributed by atoms with van der Waals surface area (Å²) in [5.41, 5.74) is 5.54. The second kappa shape index (κ2) is 6.50. The van der Waals surface area contributed by atoms with Gasteiger partial charge in [-0.15, -0.1) is 0 Å². The van der Waals surface area contributed by atoms with Gasteiger partial charge in [0.05, 0.1) is 5.02 Å². The van der Waals surface area contributed by atoms with Crippen molar-refractivity contribution in [3.8, 4) is 0 Å². The van der Waals surface area contributed by atoms with Gasteiger partial charge in [-0.25, -0.2) is 13.4 Å². The Morgan fingerprint density at radius 2 is 2.10 bits per heavy atom. The average Bonchev–Trinajstić information content (AvgIpc) is 2.68. The zero-order valence-electron chi connectivity index (χ0n) is 12.4. The van der Waals surface area contributed by atoms with Gasteiger partial charge in [-0.3, -0.25) is 0 Å². The van der Waals surface area contributed by atoms with Crippen LogP contribution < -0.4 is 5.73 Å². The van der Waals surface area contributed by atoms with E-state index in [4.69, 9.17) is 17.3 Å². The number of nitrogens with zero attached hydrogens (tertiary/aromatic N) is 2. The molecule has 0 radical (unpaired) electrons. The van der Waals surface area contributed by atoms with Gasteiger partial charge in [-0.2, -0.15) is 4.31 Å². The SMILES string of the molecule is CC(C)C1CCCN(S(=O)(=O)c2cnc(N)c(Cl)c2)CC1. The fourth-order valence-electron chi connectivity index (χ4n) is 2.72. The molecule has 1 saturated heterocycles. The summed E-state index contributed by atoms with van der Waals surface area (Å²) in [4.78, 5) is 3.96. The molecule has 0 bridgehead atoms. The van der Waals surface area contributed by atoms with Crippen molar-refractivity contribution in [3.05, 3.63) is 17.3 Å². The molecular weight excluding hydrogens is 310 g/mol. The van der Waals surface area contributed by atoms with Crippen molar-refractivity contribution in [2.75, 3.05) is 18.8 Å². The van der Waals surface area contributed by atoms with Crippen LogP contribution in [-0.2, 0) is 10.0 Å². The first-order chi connectivity index (χ1) is 9.82. The normalized spacial score (nSPS) is 21.4. The monoisotopic (exact) mass is 331 g/mol. The number of nitrogen functional groups attached to an aromatic ring is 1. The van der Waals surface area contributed by atoms with Crippen LogP contribution in [0.25, 0.3) is 0 Å². The molecule has 0 aliphatic carbocycles. The lowest BCUT2D eigenvalue weighted by molar-refractivity contribution is 0.340. The maximum atomic E-state index is 12.7. The van der Waals surface area contributed by atoms with E-state index in [1.54, 1.807) is 4.31 Å². The third-order valence-corrected chi connectivity index (χ3v) is 6.32. The Morgan fingerprint density at radius 3 is 2.71 bits per heavy atom. The van der Waals surface area contributed by atoms with E-state index in [0.29, 0.717) is 24.9 Å². The molecule has 1 aromatic heterocycles. The van der Waals surface area contributed by atoms with Crippen molar-refractivity contribution < 1.29 is 8.42 Å². The summed E-state index contributed by atoms with van der Waals surface area (Å²) >= 11 is 5.89. The first kappa shape index (κ1) is 16.5. The molecule has 0 aromatic carbocycles. The number of hydrogen-bond acceptors (Lipinski definition) is 4. The minimum atomic E-state index is -3.54. The van der Waals surface area contributed by atoms with E-state index < -0.39 is 10.0 Å². The minimum Gasteiger partial charge on any atom is -0.382 e. The first-order valence-corrected chi connectivity index (χ1v) is 9.05. The summed E-state index contributed by atoms with van der Waals surface area (Å²) in [5.74, 6) is 1.31. The van der Waals surface area contributed by atoms with E-state index in [2.05, 4.69) is 18.8 Å². The van der Waals surface area contributed by atoms with Crippen LogP contribution in [0.2, 0.25) is 5.02 Å². The molecule has 21 heavy (non-hydrogen) atoms. The molecule has 0 amide bonds. The number of halogens is 1. The van der Waals surface area contributed by atoms with Gasteiger partial charge in [0, 0.05) is 19.3 Å². The van der Waals surface area contributed by atoms with E-state index in [0.717, 1.165) is 19.3 Å². The van der Waals surface area contributed by atoms with Crippen molar-refractivity contribution in [2.24, 2.45) is 11.8 Å². The molecule has 0 spiro atoms. The van der Waals surface area contributed by atoms with E-state index in [-0.39, 0.29) is 15.7 Å². The quantitative estimate of drug-likeness (QED) is 0.924. The largest absolute Gasteiger partial charge is 0.382 e. The second-order valence-corrected chi connectivity index (χ2v) is 8.22. The van der Waals surface area contributed by atoms with Gasteiger partial charge in [0.15, 0.2) is 0 Å². The first-order valence-electron chi connectivity index (χ1n) is 7.23. The second-order valence-electron chi connectivity index (χ2n) is 5.88. The molecule has 2 N–H and O–H groups in total. The van der Waals surface area contributed by atoms with Crippen molar-refractivity contribution in [1.29, 1.82) is 0 Å². The van der Waals surface area contributed by atoms with Crippen LogP contribution in [0.15, 0.2) is 17.2 Å². The molecule has 1 fully saturated rings. The highest BCUT2D eigenvalue weighted by Crippen LogP contribution is 2.28. The molecule has 1 unspecified atom stereocenters. The Labute approximate surface area is 131 Å². The summed E-state index contributed by atoms with van der Waals surface area (Å²) < 4.78 is 26.9. The third-order valence-electron chi connectivity index (χ3n) is 4.16. The van der Waals surface area contributed by atoms with Gasteiger partial charge in [0.25, 0.3) is 0 Å². The molecule has 7 heteroatoms. The Morgan fingerprint density at radius 1 is 1.38 bits per heavy atom. The fourth-order valence-corrected chi connectivity index (χ4v) is 4.42.